The van der Waals surface area contributed by atoms with Gasteiger partial charge in [0.1, 0.15) is 0 Å². The Bertz CT molecular complexity index is 355. The van der Waals surface area contributed by atoms with Crippen molar-refractivity contribution < 1.29 is 0 Å². The average molecular weight is 249 g/mol. The third-order valence-corrected chi connectivity index (χ3v) is 3.74. The summed E-state index contributed by atoms with van der Waals surface area (Å²) in [5.74, 6) is 0. The quantitative estimate of drug-likeness (QED) is 0.753. The molecule has 1 N–H and O–H groups in total. The zero-order chi connectivity index (χ0) is 12.8. The van der Waals surface area contributed by atoms with Gasteiger partial charge in [-0.2, -0.15) is 0 Å². The number of fused-ring (bicyclic) bond motifs is 1. The van der Waals surface area contributed by atoms with Gasteiger partial charge in [-0.05, 0) is 45.1 Å². The maximum Gasteiger partial charge on any atom is 0.0951 e. The summed E-state index contributed by atoms with van der Waals surface area (Å²) in [6.07, 6.45) is 11.0. The molecule has 0 aromatic carbocycles. The fraction of sp³-hybridized carbons (Fsp3) is 0.800. The first kappa shape index (κ1) is 13.6. The number of aryl methyl sites for hydroxylation is 2. The lowest BCUT2D eigenvalue weighted by atomic mass is 10.0. The lowest BCUT2D eigenvalue weighted by Gasteiger charge is -2.14. The van der Waals surface area contributed by atoms with E-state index in [0.29, 0.717) is 6.04 Å². The molecule has 0 spiro atoms. The number of imidazole rings is 1. The van der Waals surface area contributed by atoms with Crippen LogP contribution in [-0.4, -0.2) is 22.1 Å². The van der Waals surface area contributed by atoms with Crippen LogP contribution in [0.5, 0.6) is 0 Å². The second-order valence-electron chi connectivity index (χ2n) is 5.71. The molecule has 0 fully saturated rings. The highest BCUT2D eigenvalue weighted by Gasteiger charge is 2.14. The number of hydrogen-bond donors (Lipinski definition) is 1. The molecule has 1 aliphatic carbocycles. The lowest BCUT2D eigenvalue weighted by molar-refractivity contribution is 0.518. The van der Waals surface area contributed by atoms with E-state index in [0.717, 1.165) is 13.1 Å². The van der Waals surface area contributed by atoms with Crippen LogP contribution in [0.15, 0.2) is 6.33 Å². The van der Waals surface area contributed by atoms with Gasteiger partial charge in [-0.15, -0.1) is 0 Å². The third kappa shape index (κ3) is 3.84. The molecule has 1 aliphatic rings. The van der Waals surface area contributed by atoms with Crippen molar-refractivity contribution in [1.82, 2.24) is 14.9 Å². The molecule has 1 aromatic rings. The van der Waals surface area contributed by atoms with E-state index in [4.69, 9.17) is 0 Å². The standard InChI is InChI=1S/C15H27N3/c1-13(2)16-10-6-3-7-11-18-12-17-14-8-4-5-9-15(14)18/h12-13,16H,3-11H2,1-2H3. The molecule has 1 heterocycles. The Labute approximate surface area is 111 Å². The molecule has 0 bridgehead atoms. The zero-order valence-electron chi connectivity index (χ0n) is 11.9. The van der Waals surface area contributed by atoms with Gasteiger partial charge in [-0.25, -0.2) is 4.98 Å². The number of unbranched alkanes of at least 4 members (excludes halogenated alkanes) is 2. The van der Waals surface area contributed by atoms with E-state index in [9.17, 15) is 0 Å². The van der Waals surface area contributed by atoms with E-state index >= 15 is 0 Å². The minimum Gasteiger partial charge on any atom is -0.334 e. The van der Waals surface area contributed by atoms with Crippen molar-refractivity contribution in [3.8, 4) is 0 Å². The molecule has 0 saturated carbocycles. The number of nitrogens with zero attached hydrogens (tertiary/aromatic N) is 2. The summed E-state index contributed by atoms with van der Waals surface area (Å²) in [5.41, 5.74) is 2.88. The van der Waals surface area contributed by atoms with Gasteiger partial charge < -0.3 is 9.88 Å². The van der Waals surface area contributed by atoms with Crippen LogP contribution in [0, 0.1) is 0 Å². The second-order valence-corrected chi connectivity index (χ2v) is 5.71. The fourth-order valence-corrected chi connectivity index (χ4v) is 2.70. The van der Waals surface area contributed by atoms with Gasteiger partial charge in [0.05, 0.1) is 12.0 Å². The van der Waals surface area contributed by atoms with E-state index in [1.165, 1.54) is 56.3 Å². The molecule has 18 heavy (non-hydrogen) atoms. The van der Waals surface area contributed by atoms with Gasteiger partial charge in [0.2, 0.25) is 0 Å². The Morgan fingerprint density at radius 3 is 2.89 bits per heavy atom. The normalized spacial score (nSPS) is 15.1. The maximum absolute atomic E-state index is 4.55. The van der Waals surface area contributed by atoms with Gasteiger partial charge in [-0.3, -0.25) is 0 Å². The largest absolute Gasteiger partial charge is 0.334 e. The van der Waals surface area contributed by atoms with Gasteiger partial charge >= 0.3 is 0 Å². The first-order valence-electron chi connectivity index (χ1n) is 7.53. The van der Waals surface area contributed by atoms with Crippen molar-refractivity contribution in [3.05, 3.63) is 17.7 Å². The summed E-state index contributed by atoms with van der Waals surface area (Å²) in [5, 5.41) is 3.47. The first-order valence-corrected chi connectivity index (χ1v) is 7.53. The van der Waals surface area contributed by atoms with Crippen LogP contribution in [0.3, 0.4) is 0 Å². The second kappa shape index (κ2) is 6.93. The molecule has 0 unspecified atom stereocenters. The lowest BCUT2D eigenvalue weighted by Crippen LogP contribution is -2.23. The molecule has 0 amide bonds. The van der Waals surface area contributed by atoms with Crippen molar-refractivity contribution >= 4 is 0 Å². The zero-order valence-corrected chi connectivity index (χ0v) is 11.9. The predicted molar refractivity (Wildman–Crippen MR) is 75.9 cm³/mol. The molecule has 0 radical (unpaired) electrons. The van der Waals surface area contributed by atoms with Crippen LogP contribution in [0.1, 0.15) is 57.3 Å². The van der Waals surface area contributed by atoms with Crippen LogP contribution in [0.2, 0.25) is 0 Å². The summed E-state index contributed by atoms with van der Waals surface area (Å²) >= 11 is 0. The van der Waals surface area contributed by atoms with E-state index in [2.05, 4.69) is 35.0 Å². The molecule has 0 saturated heterocycles. The first-order chi connectivity index (χ1) is 8.77. The van der Waals surface area contributed by atoms with E-state index in [1.54, 1.807) is 0 Å². The highest BCUT2D eigenvalue weighted by molar-refractivity contribution is 5.16. The molecule has 1 aromatic heterocycles. The molecule has 2 rings (SSSR count). The molecule has 3 heteroatoms. The van der Waals surface area contributed by atoms with Crippen LogP contribution in [0.25, 0.3) is 0 Å². The monoisotopic (exact) mass is 249 g/mol. The topological polar surface area (TPSA) is 29.9 Å². The van der Waals surface area contributed by atoms with Gasteiger partial charge in [-0.1, -0.05) is 20.3 Å². The number of hydrogen-bond acceptors (Lipinski definition) is 2. The van der Waals surface area contributed by atoms with Crippen molar-refractivity contribution in [2.24, 2.45) is 0 Å². The minimum absolute atomic E-state index is 0.616. The smallest absolute Gasteiger partial charge is 0.0951 e. The Morgan fingerprint density at radius 2 is 2.06 bits per heavy atom. The Balaban J connectivity index is 1.66. The number of rotatable bonds is 7. The van der Waals surface area contributed by atoms with Crippen molar-refractivity contribution in [2.75, 3.05) is 6.54 Å². The summed E-state index contributed by atoms with van der Waals surface area (Å²) in [4.78, 5) is 4.55. The summed E-state index contributed by atoms with van der Waals surface area (Å²) in [6, 6.07) is 0.616. The summed E-state index contributed by atoms with van der Waals surface area (Å²) in [7, 11) is 0. The molecular formula is C15H27N3. The van der Waals surface area contributed by atoms with Crippen LogP contribution in [0.4, 0.5) is 0 Å². The fourth-order valence-electron chi connectivity index (χ4n) is 2.70. The van der Waals surface area contributed by atoms with Crippen molar-refractivity contribution in [3.63, 3.8) is 0 Å². The molecular weight excluding hydrogens is 222 g/mol. The Kier molecular flexibility index (Phi) is 5.24. The number of aromatic nitrogens is 2. The summed E-state index contributed by atoms with van der Waals surface area (Å²) in [6.45, 7) is 6.72. The van der Waals surface area contributed by atoms with Crippen LogP contribution in [-0.2, 0) is 19.4 Å². The van der Waals surface area contributed by atoms with Gasteiger partial charge in [0, 0.05) is 18.3 Å². The maximum atomic E-state index is 4.55. The molecule has 0 aliphatic heterocycles. The van der Waals surface area contributed by atoms with E-state index in [-0.39, 0.29) is 0 Å². The highest BCUT2D eigenvalue weighted by Crippen LogP contribution is 2.20. The minimum atomic E-state index is 0.616. The van der Waals surface area contributed by atoms with Gasteiger partial charge in [0.15, 0.2) is 0 Å². The Morgan fingerprint density at radius 1 is 1.22 bits per heavy atom. The van der Waals surface area contributed by atoms with Crippen LogP contribution < -0.4 is 5.32 Å². The third-order valence-electron chi connectivity index (χ3n) is 3.74. The van der Waals surface area contributed by atoms with Gasteiger partial charge in [0.25, 0.3) is 0 Å². The van der Waals surface area contributed by atoms with Crippen molar-refractivity contribution in [1.29, 1.82) is 0 Å². The molecule has 0 atom stereocenters. The highest BCUT2D eigenvalue weighted by atomic mass is 15.1. The summed E-state index contributed by atoms with van der Waals surface area (Å²) < 4.78 is 2.39. The van der Waals surface area contributed by atoms with E-state index in [1.807, 2.05) is 0 Å². The van der Waals surface area contributed by atoms with Crippen molar-refractivity contribution in [2.45, 2.75) is 71.4 Å². The molecule has 102 valence electrons. The van der Waals surface area contributed by atoms with Crippen LogP contribution >= 0.6 is 0 Å². The Hall–Kier alpha value is -0.830. The molecule has 3 nitrogen and oxygen atoms in total. The average Bonchev–Trinajstić information content (AvgIpc) is 2.77. The van der Waals surface area contributed by atoms with E-state index < -0.39 is 0 Å². The predicted octanol–water partition coefficient (Wildman–Crippen LogP) is 2.93. The SMILES string of the molecule is CC(C)NCCCCCn1cnc2c1CCCC2. The number of nitrogens with one attached hydrogen (secondary N) is 1.